The molecule has 2 nitrogen and oxygen atoms in total. The van der Waals surface area contributed by atoms with Crippen molar-refractivity contribution in [2.24, 2.45) is 0 Å². The standard InChI is InChI=1S/2C4H3F6O.Al/c2*1-2(11,3(5,6)7)4(8,9)10;/h2*1H3;/q2*-1;+2. The van der Waals surface area contributed by atoms with Gasteiger partial charge in [-0.2, -0.15) is 52.7 Å². The molecular formula is C8H6AlF12O2. The molecule has 0 spiro atoms. The van der Waals surface area contributed by atoms with Gasteiger partial charge in [-0.15, -0.1) is 0 Å². The zero-order valence-corrected chi connectivity index (χ0v) is 12.1. The highest BCUT2D eigenvalue weighted by molar-refractivity contribution is 6.18. The van der Waals surface area contributed by atoms with E-state index in [9.17, 15) is 52.7 Å². The molecule has 15 heteroatoms. The Kier molecular flexibility index (Phi) is 6.06. The van der Waals surface area contributed by atoms with Gasteiger partial charge in [0.25, 0.3) is 0 Å². The molecule has 0 fully saturated rings. The molecule has 0 amide bonds. The van der Waals surface area contributed by atoms with Crippen molar-refractivity contribution in [3.63, 3.8) is 0 Å². The van der Waals surface area contributed by atoms with E-state index in [0.29, 0.717) is 0 Å². The highest BCUT2D eigenvalue weighted by Gasteiger charge is 2.71. The van der Waals surface area contributed by atoms with E-state index in [4.69, 9.17) is 0 Å². The summed E-state index contributed by atoms with van der Waals surface area (Å²) in [6.45, 7) is -1.16. The molecule has 0 heterocycles. The van der Waals surface area contributed by atoms with Crippen molar-refractivity contribution >= 4 is 15.9 Å². The summed E-state index contributed by atoms with van der Waals surface area (Å²) in [6.07, 6.45) is -24.6. The van der Waals surface area contributed by atoms with E-state index < -0.39 is 65.6 Å². The molecule has 0 aliphatic carbocycles. The molecule has 0 aromatic carbocycles. The number of halogens is 12. The van der Waals surface area contributed by atoms with E-state index in [1.165, 1.54) is 0 Å². The Morgan fingerprint density at radius 3 is 0.783 bits per heavy atom. The highest BCUT2D eigenvalue weighted by atomic mass is 27.2. The maximum Gasteiger partial charge on any atom is 0.669 e. The minimum atomic E-state index is -6.14. The van der Waals surface area contributed by atoms with Crippen LogP contribution in [0, 0.1) is 0 Å². The van der Waals surface area contributed by atoms with Gasteiger partial charge in [-0.3, -0.25) is 0 Å². The third-order valence-corrected chi connectivity index (χ3v) is 3.87. The van der Waals surface area contributed by atoms with Gasteiger partial charge in [-0.1, -0.05) is 0 Å². The van der Waals surface area contributed by atoms with Gasteiger partial charge in [-0.25, -0.2) is 0 Å². The van der Waals surface area contributed by atoms with Gasteiger partial charge in [0.05, 0.1) is 0 Å². The molecule has 0 aliphatic rings. The van der Waals surface area contributed by atoms with Crippen LogP contribution in [0.25, 0.3) is 0 Å². The van der Waals surface area contributed by atoms with Crippen molar-refractivity contribution in [1.82, 2.24) is 0 Å². The van der Waals surface area contributed by atoms with Crippen LogP contribution < -0.4 is 0 Å². The summed E-state index contributed by atoms with van der Waals surface area (Å²) in [5, 5.41) is 0. The molecule has 0 saturated carbocycles. The molecule has 0 bridgehead atoms. The predicted octanol–water partition coefficient (Wildman–Crippen LogP) is 4.32. The Bertz CT molecular complexity index is 339. The quantitative estimate of drug-likeness (QED) is 0.527. The SMILES string of the molecule is CC([O][Al][O]C(C)(C(F)(F)F)C(F)(F)F)(C(F)(F)F)C(F)(F)F. The van der Waals surface area contributed by atoms with Crippen molar-refractivity contribution in [2.45, 2.75) is 49.8 Å². The van der Waals surface area contributed by atoms with Crippen molar-refractivity contribution in [3.05, 3.63) is 0 Å². The molecule has 0 aromatic rings. The summed E-state index contributed by atoms with van der Waals surface area (Å²) >= 11 is -3.42. The van der Waals surface area contributed by atoms with E-state index in [1.54, 1.807) is 0 Å². The van der Waals surface area contributed by atoms with Crippen LogP contribution in [0.3, 0.4) is 0 Å². The maximum atomic E-state index is 12.4. The van der Waals surface area contributed by atoms with Crippen molar-refractivity contribution in [1.29, 1.82) is 0 Å². The molecule has 0 N–H and O–H groups in total. The van der Waals surface area contributed by atoms with Crippen LogP contribution in [0.4, 0.5) is 52.7 Å². The van der Waals surface area contributed by atoms with Gasteiger partial charge in [0.2, 0.25) is 11.2 Å². The molecule has 0 rings (SSSR count). The monoisotopic (exact) mass is 389 g/mol. The minimum absolute atomic E-state index is 0.581. The van der Waals surface area contributed by atoms with Gasteiger partial charge in [0, 0.05) is 0 Å². The summed E-state index contributed by atoms with van der Waals surface area (Å²) < 4.78 is 155. The van der Waals surface area contributed by atoms with Crippen LogP contribution >= 0.6 is 0 Å². The average Bonchev–Trinajstić information content (AvgIpc) is 2.22. The van der Waals surface area contributed by atoms with Crippen LogP contribution in [0.5, 0.6) is 0 Å². The Morgan fingerprint density at radius 2 is 0.652 bits per heavy atom. The number of alkyl halides is 12. The smallest absolute Gasteiger partial charge is 0.466 e. The molecule has 0 aliphatic heterocycles. The fourth-order valence-corrected chi connectivity index (χ4v) is 1.77. The van der Waals surface area contributed by atoms with Gasteiger partial charge in [-0.05, 0) is 13.8 Å². The first-order valence-electron chi connectivity index (χ1n) is 5.15. The Morgan fingerprint density at radius 1 is 0.478 bits per heavy atom. The molecule has 23 heavy (non-hydrogen) atoms. The molecule has 137 valence electrons. The van der Waals surface area contributed by atoms with E-state index in [0.717, 1.165) is 0 Å². The first-order chi connectivity index (χ1) is 9.71. The zero-order chi connectivity index (χ0) is 19.1. The first-order valence-corrected chi connectivity index (χ1v) is 6.09. The van der Waals surface area contributed by atoms with Gasteiger partial charge >= 0.3 is 40.6 Å². The lowest BCUT2D eigenvalue weighted by Crippen LogP contribution is -2.60. The summed E-state index contributed by atoms with van der Waals surface area (Å²) in [4.78, 5) is 0. The second-order valence-corrected chi connectivity index (χ2v) is 5.05. The van der Waals surface area contributed by atoms with Gasteiger partial charge < -0.3 is 7.58 Å². The van der Waals surface area contributed by atoms with Crippen molar-refractivity contribution in [2.75, 3.05) is 0 Å². The summed E-state index contributed by atoms with van der Waals surface area (Å²) in [7, 11) is 0. The molecule has 0 aromatic heterocycles. The van der Waals surface area contributed by atoms with Crippen LogP contribution in [0.15, 0.2) is 0 Å². The van der Waals surface area contributed by atoms with E-state index in [1.807, 2.05) is 0 Å². The molecule has 0 atom stereocenters. The molecule has 1 radical (unpaired) electrons. The van der Waals surface area contributed by atoms with E-state index >= 15 is 0 Å². The Balaban J connectivity index is 5.38. The fraction of sp³-hybridized carbons (Fsp3) is 1.00. The van der Waals surface area contributed by atoms with Crippen LogP contribution in [-0.4, -0.2) is 51.8 Å². The number of rotatable bonds is 4. The highest BCUT2D eigenvalue weighted by Crippen LogP contribution is 2.47. The third kappa shape index (κ3) is 4.37. The number of hydrogen-bond donors (Lipinski definition) is 0. The fourth-order valence-electron chi connectivity index (χ4n) is 0.805. The van der Waals surface area contributed by atoms with Crippen molar-refractivity contribution in [3.8, 4) is 0 Å². The Labute approximate surface area is 127 Å². The predicted molar refractivity (Wildman–Crippen MR) is 49.0 cm³/mol. The molecule has 0 unspecified atom stereocenters. The second-order valence-electron chi connectivity index (χ2n) is 4.39. The lowest BCUT2D eigenvalue weighted by molar-refractivity contribution is -0.368. The largest absolute Gasteiger partial charge is 0.669 e. The van der Waals surface area contributed by atoms with E-state index in [2.05, 4.69) is 7.58 Å². The number of hydrogen-bond acceptors (Lipinski definition) is 2. The molecular weight excluding hydrogens is 383 g/mol. The summed E-state index contributed by atoms with van der Waals surface area (Å²) in [5.41, 5.74) is -9.96. The normalized spacial score (nSPS) is 15.7. The third-order valence-electron chi connectivity index (χ3n) is 2.73. The van der Waals surface area contributed by atoms with Crippen molar-refractivity contribution < 1.29 is 60.3 Å². The van der Waals surface area contributed by atoms with Crippen LogP contribution in [0.1, 0.15) is 13.8 Å². The van der Waals surface area contributed by atoms with E-state index in [-0.39, 0.29) is 0 Å². The van der Waals surface area contributed by atoms with Crippen LogP contribution in [0.2, 0.25) is 0 Å². The topological polar surface area (TPSA) is 18.5 Å². The summed E-state index contributed by atoms with van der Waals surface area (Å²) in [6, 6.07) is 0. The Hall–Kier alpha value is -0.388. The summed E-state index contributed by atoms with van der Waals surface area (Å²) in [5.74, 6) is 0. The lowest BCUT2D eigenvalue weighted by atomic mass is 10.1. The second kappa shape index (κ2) is 6.16. The molecule has 0 saturated heterocycles. The van der Waals surface area contributed by atoms with Gasteiger partial charge in [0.15, 0.2) is 0 Å². The maximum absolute atomic E-state index is 12.4. The zero-order valence-electron chi connectivity index (χ0n) is 10.9. The average molecular weight is 389 g/mol. The lowest BCUT2D eigenvalue weighted by Gasteiger charge is -2.38. The minimum Gasteiger partial charge on any atom is -0.466 e. The van der Waals surface area contributed by atoms with Crippen LogP contribution in [-0.2, 0) is 7.58 Å². The van der Waals surface area contributed by atoms with Gasteiger partial charge in [0.1, 0.15) is 0 Å². The first kappa shape index (κ1) is 22.6.